The molecule has 4 N–H and O–H groups in total. The van der Waals surface area contributed by atoms with Crippen molar-refractivity contribution in [1.29, 1.82) is 0 Å². The number of nitrogens with zero attached hydrogens (tertiary/aromatic N) is 3. The molecule has 1 saturated carbocycles. The van der Waals surface area contributed by atoms with E-state index in [0.717, 1.165) is 32.7 Å². The van der Waals surface area contributed by atoms with E-state index in [-0.39, 0.29) is 37.3 Å². The number of ether oxygens (including phenoxy) is 2. The number of para-hydroxylation sites is 1. The lowest BCUT2D eigenvalue weighted by atomic mass is 10.1. The lowest BCUT2D eigenvalue weighted by molar-refractivity contribution is -0.158. The fraction of sp³-hybridized carbons (Fsp3) is 0.542. The van der Waals surface area contributed by atoms with Crippen molar-refractivity contribution in [2.45, 2.75) is 51.2 Å². The molecule has 0 amide bonds. The van der Waals surface area contributed by atoms with Crippen LogP contribution in [0.1, 0.15) is 26.0 Å². The van der Waals surface area contributed by atoms with Crippen molar-refractivity contribution in [1.82, 2.24) is 19.7 Å². The smallest absolute Gasteiger partial charge is 0.224 e. The molecule has 1 aromatic carbocycles. The summed E-state index contributed by atoms with van der Waals surface area (Å²) in [7, 11) is -3.29. The van der Waals surface area contributed by atoms with Gasteiger partial charge in [-0.2, -0.15) is 4.98 Å². The van der Waals surface area contributed by atoms with Crippen LogP contribution in [-0.4, -0.2) is 78.5 Å². The van der Waals surface area contributed by atoms with Crippen molar-refractivity contribution in [3.05, 3.63) is 30.0 Å². The molecule has 0 unspecified atom stereocenters. The Labute approximate surface area is 220 Å². The van der Waals surface area contributed by atoms with Crippen LogP contribution in [0.25, 0.3) is 20.8 Å². The molecule has 2 aliphatic rings. The molecule has 37 heavy (non-hydrogen) atoms. The van der Waals surface area contributed by atoms with Gasteiger partial charge in [-0.05, 0) is 39.3 Å². The van der Waals surface area contributed by atoms with Gasteiger partial charge in [0, 0.05) is 25.6 Å². The number of hydrogen-bond donors (Lipinski definition) is 4. The summed E-state index contributed by atoms with van der Waals surface area (Å²) in [5.74, 6) is 0.177. The second-order valence-electron chi connectivity index (χ2n) is 9.93. The minimum absolute atomic E-state index is 0.00641. The Morgan fingerprint density at radius 2 is 1.89 bits per heavy atom. The van der Waals surface area contributed by atoms with E-state index in [2.05, 4.69) is 20.3 Å². The summed E-state index contributed by atoms with van der Waals surface area (Å²) in [4.78, 5) is 14.3. The van der Waals surface area contributed by atoms with Crippen LogP contribution < -0.4 is 15.4 Å². The number of hydrogen-bond acceptors (Lipinski definition) is 11. The Bertz CT molecular complexity index is 1360. The molecule has 2 aromatic heterocycles. The van der Waals surface area contributed by atoms with Gasteiger partial charge in [0.25, 0.3) is 0 Å². The summed E-state index contributed by atoms with van der Waals surface area (Å²) < 4.78 is 38.6. The molecule has 2 fully saturated rings. The van der Waals surface area contributed by atoms with Gasteiger partial charge in [-0.3, -0.25) is 0 Å². The molecule has 1 aliphatic carbocycles. The van der Waals surface area contributed by atoms with Gasteiger partial charge in [-0.15, -0.1) is 11.3 Å². The van der Waals surface area contributed by atoms with E-state index in [1.165, 1.54) is 0 Å². The lowest BCUT2D eigenvalue weighted by Crippen LogP contribution is -2.35. The molecular formula is C24H32N6O5S2. The zero-order valence-corrected chi connectivity index (χ0v) is 22.8. The summed E-state index contributed by atoms with van der Waals surface area (Å²) in [6.07, 6.45) is 1.31. The minimum Gasteiger partial charge on any atom is -0.396 e. The van der Waals surface area contributed by atoms with Crippen molar-refractivity contribution in [2.24, 2.45) is 5.92 Å². The number of nitrogens with one attached hydrogen (secondary N) is 3. The molecular weight excluding hydrogens is 516 g/mol. The maximum atomic E-state index is 11.4. The molecule has 0 spiro atoms. The number of aromatic nitrogens is 3. The number of rotatable bonds is 9. The number of sulfonamides is 1. The summed E-state index contributed by atoms with van der Waals surface area (Å²) in [6, 6.07) is 7.80. The Morgan fingerprint density at radius 1 is 1.14 bits per heavy atom. The molecule has 3 aromatic rings. The van der Waals surface area contributed by atoms with Gasteiger partial charge < -0.3 is 25.2 Å². The van der Waals surface area contributed by atoms with Crippen LogP contribution in [0.5, 0.6) is 0 Å². The Morgan fingerprint density at radius 3 is 2.62 bits per heavy atom. The van der Waals surface area contributed by atoms with E-state index in [9.17, 15) is 13.5 Å². The van der Waals surface area contributed by atoms with E-state index in [1.54, 1.807) is 11.3 Å². The molecule has 11 nitrogen and oxygen atoms in total. The van der Waals surface area contributed by atoms with E-state index >= 15 is 0 Å². The first-order valence-corrected chi connectivity index (χ1v) is 14.9. The second kappa shape index (κ2) is 10.0. The van der Waals surface area contributed by atoms with Crippen LogP contribution in [0.4, 0.5) is 11.8 Å². The van der Waals surface area contributed by atoms with Crippen LogP contribution in [0, 0.1) is 12.8 Å². The summed E-state index contributed by atoms with van der Waals surface area (Å²) in [5, 5.41) is 17.5. The highest BCUT2D eigenvalue weighted by molar-refractivity contribution is 7.88. The summed E-state index contributed by atoms with van der Waals surface area (Å²) in [5.41, 5.74) is 2.42. The van der Waals surface area contributed by atoms with E-state index < -0.39 is 15.8 Å². The number of anilines is 2. The fourth-order valence-electron chi connectivity index (χ4n) is 4.98. The SMILES string of the molecule is Cc1nc(NCCNS(C)(=O)=O)nc(N[C@@H]2C[C@H](CO)[C@H]3OC(C)(C)O[C@H]32)c1-c1nc2ccccc2s1. The van der Waals surface area contributed by atoms with Crippen LogP contribution in [0.2, 0.25) is 0 Å². The topological polar surface area (TPSA) is 148 Å². The average molecular weight is 549 g/mol. The van der Waals surface area contributed by atoms with Gasteiger partial charge >= 0.3 is 0 Å². The number of fused-ring (bicyclic) bond motifs is 2. The van der Waals surface area contributed by atoms with Gasteiger partial charge in [-0.25, -0.2) is 23.1 Å². The van der Waals surface area contributed by atoms with Gasteiger partial charge in [0.15, 0.2) is 5.79 Å². The highest BCUT2D eigenvalue weighted by Gasteiger charge is 2.54. The summed E-state index contributed by atoms with van der Waals surface area (Å²) in [6.45, 7) is 6.19. The van der Waals surface area contributed by atoms with E-state index in [1.807, 2.05) is 45.0 Å². The first-order chi connectivity index (χ1) is 17.5. The maximum absolute atomic E-state index is 11.4. The number of aliphatic hydroxyl groups is 1. The average Bonchev–Trinajstić information content (AvgIpc) is 3.47. The Hall–Kier alpha value is -2.42. The maximum Gasteiger partial charge on any atom is 0.224 e. The standard InChI is InChI=1S/C24H32N6O5S2/c1-13-18(22-29-15-7-5-6-8-17(15)36-22)21(30-23(27-13)25-9-10-26-37(4,32)33)28-16-11-14(12-31)19-20(16)35-24(2,3)34-19/h5-8,14,16,19-20,26,31H,9-12H2,1-4H3,(H2,25,27,28,30)/t14-,16-,19-,20+/m1/s1. The predicted octanol–water partition coefficient (Wildman–Crippen LogP) is 2.34. The third-order valence-corrected chi connectivity index (χ3v) is 8.29. The molecule has 1 aliphatic heterocycles. The third-order valence-electron chi connectivity index (χ3n) is 6.51. The van der Waals surface area contributed by atoms with E-state index in [0.29, 0.717) is 24.7 Å². The number of aliphatic hydroxyl groups excluding tert-OH is 1. The zero-order valence-electron chi connectivity index (χ0n) is 21.2. The first-order valence-electron chi connectivity index (χ1n) is 12.2. The van der Waals surface area contributed by atoms with Crippen molar-refractivity contribution in [2.75, 3.05) is 36.6 Å². The Balaban J connectivity index is 1.48. The van der Waals surface area contributed by atoms with Crippen LogP contribution in [0.15, 0.2) is 24.3 Å². The largest absolute Gasteiger partial charge is 0.396 e. The van der Waals surface area contributed by atoms with Crippen LogP contribution in [-0.2, 0) is 19.5 Å². The van der Waals surface area contributed by atoms with Crippen LogP contribution in [0.3, 0.4) is 0 Å². The number of aryl methyl sites for hydroxylation is 1. The third kappa shape index (κ3) is 5.71. The number of benzene rings is 1. The van der Waals surface area contributed by atoms with Gasteiger partial charge in [-0.1, -0.05) is 12.1 Å². The number of thiazole rings is 1. The monoisotopic (exact) mass is 548 g/mol. The molecule has 13 heteroatoms. The molecule has 0 bridgehead atoms. The molecule has 200 valence electrons. The van der Waals surface area contributed by atoms with E-state index in [4.69, 9.17) is 19.4 Å². The lowest BCUT2D eigenvalue weighted by Gasteiger charge is -2.25. The molecule has 4 atom stereocenters. The molecule has 3 heterocycles. The normalized spacial score (nSPS) is 24.9. The highest BCUT2D eigenvalue weighted by Crippen LogP contribution is 2.44. The Kier molecular flexibility index (Phi) is 7.11. The van der Waals surface area contributed by atoms with Crippen LogP contribution >= 0.6 is 11.3 Å². The fourth-order valence-corrected chi connectivity index (χ4v) is 6.52. The molecule has 5 rings (SSSR count). The molecule has 1 saturated heterocycles. The van der Waals surface area contributed by atoms with Crippen molar-refractivity contribution >= 4 is 43.3 Å². The summed E-state index contributed by atoms with van der Waals surface area (Å²) >= 11 is 1.57. The van der Waals surface area contributed by atoms with Crippen molar-refractivity contribution < 1.29 is 23.0 Å². The first kappa shape index (κ1) is 26.2. The van der Waals surface area contributed by atoms with Crippen molar-refractivity contribution in [3.63, 3.8) is 0 Å². The highest BCUT2D eigenvalue weighted by atomic mass is 32.2. The van der Waals surface area contributed by atoms with Gasteiger partial charge in [0.05, 0.1) is 39.9 Å². The van der Waals surface area contributed by atoms with Crippen molar-refractivity contribution in [3.8, 4) is 10.6 Å². The zero-order chi connectivity index (χ0) is 26.4. The van der Waals surface area contributed by atoms with Gasteiger partial charge in [0.1, 0.15) is 16.9 Å². The quantitative estimate of drug-likeness (QED) is 0.294. The molecule has 0 radical (unpaired) electrons. The second-order valence-corrected chi connectivity index (χ2v) is 12.8. The van der Waals surface area contributed by atoms with Gasteiger partial charge in [0.2, 0.25) is 16.0 Å². The predicted molar refractivity (Wildman–Crippen MR) is 143 cm³/mol. The minimum atomic E-state index is -3.29.